The Kier molecular flexibility index (Phi) is 8.01. The number of nitrogens with two attached hydrogens (primary N) is 1. The van der Waals surface area contributed by atoms with E-state index in [1.54, 1.807) is 30.3 Å². The average molecular weight is 582 g/mol. The van der Waals surface area contributed by atoms with E-state index in [2.05, 4.69) is 26.0 Å². The summed E-state index contributed by atoms with van der Waals surface area (Å²) in [5.41, 5.74) is 10.1. The Hall–Kier alpha value is -3.38. The number of fused-ring (bicyclic) bond motifs is 3. The van der Waals surface area contributed by atoms with Crippen LogP contribution in [0.1, 0.15) is 106 Å². The van der Waals surface area contributed by atoms with E-state index < -0.39 is 5.97 Å². The lowest BCUT2D eigenvalue weighted by Gasteiger charge is -2.43. The van der Waals surface area contributed by atoms with Crippen LogP contribution < -0.4 is 5.73 Å². The summed E-state index contributed by atoms with van der Waals surface area (Å²) >= 11 is 1.44. The number of carbonyl (C=O) groups excluding carboxylic acids is 3. The summed E-state index contributed by atoms with van der Waals surface area (Å²) in [6.45, 7) is 6.69. The molecule has 0 saturated heterocycles. The Morgan fingerprint density at radius 1 is 0.905 bits per heavy atom. The number of thioether (sulfide) groups is 1. The molecule has 0 bridgehead atoms. The van der Waals surface area contributed by atoms with Crippen molar-refractivity contribution in [3.8, 4) is 0 Å². The zero-order chi connectivity index (χ0) is 29.5. The van der Waals surface area contributed by atoms with E-state index in [9.17, 15) is 14.4 Å². The Labute approximate surface area is 252 Å². The summed E-state index contributed by atoms with van der Waals surface area (Å²) < 4.78 is 6.11. The van der Waals surface area contributed by atoms with Crippen LogP contribution in [-0.2, 0) is 10.5 Å². The first-order valence-electron chi connectivity index (χ1n) is 15.3. The number of aryl methyl sites for hydroxylation is 1. The highest BCUT2D eigenvalue weighted by Crippen LogP contribution is 2.46. The topological polar surface area (TPSA) is 86.5 Å². The quantitative estimate of drug-likeness (QED) is 0.141. The van der Waals surface area contributed by atoms with Crippen molar-refractivity contribution in [1.29, 1.82) is 0 Å². The summed E-state index contributed by atoms with van der Waals surface area (Å²) in [6.07, 6.45) is 6.36. The minimum atomic E-state index is -0.508. The second-order valence-electron chi connectivity index (χ2n) is 12.7. The Balaban J connectivity index is 1.29. The molecule has 0 aliphatic heterocycles. The molecule has 2 N–H and O–H groups in total. The van der Waals surface area contributed by atoms with Crippen molar-refractivity contribution in [3.05, 3.63) is 93.5 Å². The van der Waals surface area contributed by atoms with Crippen LogP contribution in [0.4, 0.5) is 5.69 Å². The summed E-state index contributed by atoms with van der Waals surface area (Å²) in [7, 11) is 0. The molecule has 0 radical (unpaired) electrons. The lowest BCUT2D eigenvalue weighted by Crippen LogP contribution is -2.36. The molecule has 3 aliphatic rings. The van der Waals surface area contributed by atoms with Gasteiger partial charge in [-0.2, -0.15) is 0 Å². The summed E-state index contributed by atoms with van der Waals surface area (Å²) in [5.74, 6) is 2.31. The van der Waals surface area contributed by atoms with Crippen LogP contribution in [0.2, 0.25) is 0 Å². The fraction of sp³-hybridized carbons (Fsp3) is 0.417. The summed E-state index contributed by atoms with van der Waals surface area (Å²) in [4.78, 5) is 41.8. The van der Waals surface area contributed by atoms with E-state index in [1.807, 2.05) is 19.1 Å². The van der Waals surface area contributed by atoms with Gasteiger partial charge in [-0.1, -0.05) is 67.9 Å². The molecule has 3 aromatic carbocycles. The number of hydrogen-bond acceptors (Lipinski definition) is 6. The van der Waals surface area contributed by atoms with Gasteiger partial charge in [0, 0.05) is 27.3 Å². The molecular formula is C36H39NO4S. The Bertz CT molecular complexity index is 1540. The van der Waals surface area contributed by atoms with Crippen molar-refractivity contribution in [1.82, 2.24) is 0 Å². The largest absolute Gasteiger partial charge is 0.459 e. The molecule has 2 unspecified atom stereocenters. The molecular weight excluding hydrogens is 542 g/mol. The number of benzene rings is 3. The molecule has 0 heterocycles. The molecule has 5 nitrogen and oxygen atoms in total. The smallest absolute Gasteiger partial charge is 0.340 e. The van der Waals surface area contributed by atoms with Crippen molar-refractivity contribution < 1.29 is 19.1 Å². The van der Waals surface area contributed by atoms with Gasteiger partial charge in [0.1, 0.15) is 6.10 Å². The number of rotatable bonds is 6. The molecule has 3 aromatic rings. The number of nitrogen functional groups attached to an aromatic ring is 1. The molecule has 218 valence electrons. The number of esters is 1. The lowest BCUT2D eigenvalue weighted by atomic mass is 9.65. The first-order valence-corrected chi connectivity index (χ1v) is 16.2. The Morgan fingerprint density at radius 2 is 1.55 bits per heavy atom. The maximum Gasteiger partial charge on any atom is 0.340 e. The maximum atomic E-state index is 13.7. The SMILES string of the molecule is Cc1ccc(CSc2cc(C(=O)O[C@@H]3CC[C@@H]4CC(C(C)C)CCC4C3)c(N)c3c2C(=O)c2ccccc2C3=O)cc1. The van der Waals surface area contributed by atoms with E-state index in [0.29, 0.717) is 39.5 Å². The summed E-state index contributed by atoms with van der Waals surface area (Å²) in [6, 6.07) is 16.7. The van der Waals surface area contributed by atoms with Gasteiger partial charge in [0.15, 0.2) is 11.6 Å². The third-order valence-electron chi connectivity index (χ3n) is 9.76. The van der Waals surface area contributed by atoms with Gasteiger partial charge in [0.2, 0.25) is 0 Å². The minimum Gasteiger partial charge on any atom is -0.459 e. The van der Waals surface area contributed by atoms with Crippen molar-refractivity contribution in [2.75, 3.05) is 5.73 Å². The Morgan fingerprint density at radius 3 is 2.24 bits per heavy atom. The van der Waals surface area contributed by atoms with Crippen molar-refractivity contribution in [2.45, 2.75) is 76.0 Å². The molecule has 0 aromatic heterocycles. The predicted molar refractivity (Wildman–Crippen MR) is 167 cm³/mol. The molecule has 0 spiro atoms. The minimum absolute atomic E-state index is 0.0358. The van der Waals surface area contributed by atoms with Gasteiger partial charge in [-0.15, -0.1) is 11.8 Å². The highest BCUT2D eigenvalue weighted by atomic mass is 32.2. The lowest BCUT2D eigenvalue weighted by molar-refractivity contribution is -0.00821. The van der Waals surface area contributed by atoms with Crippen LogP contribution in [0, 0.1) is 30.6 Å². The number of anilines is 1. The van der Waals surface area contributed by atoms with Crippen LogP contribution in [0.5, 0.6) is 0 Å². The average Bonchev–Trinajstić information content (AvgIpc) is 2.99. The highest BCUT2D eigenvalue weighted by molar-refractivity contribution is 7.98. The number of ether oxygens (including phenoxy) is 1. The van der Waals surface area contributed by atoms with Gasteiger partial charge < -0.3 is 10.5 Å². The predicted octanol–water partition coefficient (Wildman–Crippen LogP) is 8.04. The maximum absolute atomic E-state index is 13.7. The second-order valence-corrected chi connectivity index (χ2v) is 13.8. The second kappa shape index (κ2) is 11.7. The van der Waals surface area contributed by atoms with Gasteiger partial charge in [-0.05, 0) is 80.8 Å². The van der Waals surface area contributed by atoms with E-state index in [0.717, 1.165) is 36.3 Å². The fourth-order valence-electron chi connectivity index (χ4n) is 7.22. The summed E-state index contributed by atoms with van der Waals surface area (Å²) in [5, 5.41) is 0. The molecule has 2 saturated carbocycles. The van der Waals surface area contributed by atoms with Gasteiger partial charge in [0.25, 0.3) is 0 Å². The third kappa shape index (κ3) is 5.42. The molecule has 2 fully saturated rings. The third-order valence-corrected chi connectivity index (χ3v) is 10.9. The number of hydrogen-bond donors (Lipinski definition) is 1. The molecule has 6 heteroatoms. The number of carbonyl (C=O) groups is 3. The van der Waals surface area contributed by atoms with Crippen LogP contribution in [0.15, 0.2) is 59.5 Å². The van der Waals surface area contributed by atoms with Crippen molar-refractivity contribution in [3.63, 3.8) is 0 Å². The molecule has 6 rings (SSSR count). The van der Waals surface area contributed by atoms with Crippen LogP contribution in [0.3, 0.4) is 0 Å². The van der Waals surface area contributed by atoms with Crippen LogP contribution >= 0.6 is 11.8 Å². The zero-order valence-electron chi connectivity index (χ0n) is 24.7. The van der Waals surface area contributed by atoms with E-state index in [-0.39, 0.29) is 40.0 Å². The van der Waals surface area contributed by atoms with Gasteiger partial charge in [-0.25, -0.2) is 4.79 Å². The van der Waals surface area contributed by atoms with E-state index in [1.165, 1.54) is 31.0 Å². The van der Waals surface area contributed by atoms with E-state index >= 15 is 0 Å². The first-order chi connectivity index (χ1) is 20.2. The monoisotopic (exact) mass is 581 g/mol. The van der Waals surface area contributed by atoms with Gasteiger partial charge in [-0.3, -0.25) is 9.59 Å². The van der Waals surface area contributed by atoms with Crippen LogP contribution in [0.25, 0.3) is 0 Å². The zero-order valence-corrected chi connectivity index (χ0v) is 25.5. The van der Waals surface area contributed by atoms with Crippen molar-refractivity contribution >= 4 is 35.0 Å². The molecule has 3 aliphatic carbocycles. The van der Waals surface area contributed by atoms with Crippen molar-refractivity contribution in [2.24, 2.45) is 23.7 Å². The van der Waals surface area contributed by atoms with Crippen LogP contribution in [-0.4, -0.2) is 23.6 Å². The van der Waals surface area contributed by atoms with Gasteiger partial charge >= 0.3 is 5.97 Å². The molecule has 0 amide bonds. The normalized spacial score (nSPS) is 23.2. The van der Waals surface area contributed by atoms with Gasteiger partial charge in [0.05, 0.1) is 16.8 Å². The molecule has 4 atom stereocenters. The first kappa shape index (κ1) is 28.7. The highest BCUT2D eigenvalue weighted by Gasteiger charge is 2.39. The standard InChI is InChI=1S/C36H39NO4S/c1-20(2)23-12-13-25-17-26(15-14-24(25)16-23)41-36(40)29-18-30(42-19-22-10-8-21(3)9-11-22)31-32(33(29)37)35(39)28-7-5-4-6-27(28)34(31)38/h4-11,18,20,23-26H,12-17,19,37H2,1-3H3/t23?,24-,25?,26-/m1/s1. The fourth-order valence-corrected chi connectivity index (χ4v) is 8.28. The van der Waals surface area contributed by atoms with E-state index in [4.69, 9.17) is 10.5 Å². The number of ketones is 2. The molecule has 42 heavy (non-hydrogen) atoms.